The Morgan fingerprint density at radius 3 is 2.57 bits per heavy atom. The fourth-order valence-corrected chi connectivity index (χ4v) is 2.31. The van der Waals surface area contributed by atoms with Gasteiger partial charge in [0, 0.05) is 11.6 Å². The van der Waals surface area contributed by atoms with Gasteiger partial charge in [-0.25, -0.2) is 9.59 Å². The first-order valence-electron chi connectivity index (χ1n) is 6.41. The van der Waals surface area contributed by atoms with Crippen LogP contribution in [0, 0.1) is 0 Å². The number of rotatable bonds is 3. The highest BCUT2D eigenvalue weighted by molar-refractivity contribution is 6.33. The average Bonchev–Trinajstić information content (AvgIpc) is 3.06. The number of carboxylic acids is 1. The molecule has 0 radical (unpaired) electrons. The topological polar surface area (TPSA) is 109 Å². The molecule has 3 rings (SSSR count). The molecule has 23 heavy (non-hydrogen) atoms. The Bertz CT molecular complexity index is 869. The van der Waals surface area contributed by atoms with Crippen LogP contribution in [0.2, 0.25) is 5.02 Å². The number of hydrogen-bond donors (Lipinski definition) is 3. The molecule has 0 spiro atoms. The third kappa shape index (κ3) is 2.95. The Hall–Kier alpha value is -3.06. The van der Waals surface area contributed by atoms with Crippen LogP contribution in [0.5, 0.6) is 0 Å². The lowest BCUT2D eigenvalue weighted by atomic mass is 10.1. The minimum atomic E-state index is -1.12. The smallest absolute Gasteiger partial charge is 0.337 e. The third-order valence-electron chi connectivity index (χ3n) is 3.12. The van der Waals surface area contributed by atoms with Gasteiger partial charge in [-0.2, -0.15) is 0 Å². The predicted octanol–water partition coefficient (Wildman–Crippen LogP) is 2.48. The van der Waals surface area contributed by atoms with E-state index in [2.05, 4.69) is 10.6 Å². The highest BCUT2D eigenvalue weighted by atomic mass is 35.5. The quantitative estimate of drug-likeness (QED) is 0.591. The van der Waals surface area contributed by atoms with E-state index in [-0.39, 0.29) is 16.3 Å². The van der Waals surface area contributed by atoms with E-state index in [1.54, 1.807) is 18.2 Å². The molecular weight excluding hydrogens is 324 g/mol. The fraction of sp³-hybridized carbons (Fsp3) is 0. The van der Waals surface area contributed by atoms with Gasteiger partial charge in [-0.1, -0.05) is 17.7 Å². The number of urea groups is 1. The van der Waals surface area contributed by atoms with Crippen LogP contribution in [0.3, 0.4) is 0 Å². The molecule has 1 aromatic heterocycles. The van der Waals surface area contributed by atoms with Crippen molar-refractivity contribution in [1.82, 2.24) is 10.6 Å². The number of imide groups is 1. The van der Waals surface area contributed by atoms with E-state index in [0.29, 0.717) is 17.1 Å². The van der Waals surface area contributed by atoms with E-state index in [9.17, 15) is 14.4 Å². The highest BCUT2D eigenvalue weighted by Crippen LogP contribution is 2.28. The average molecular weight is 333 g/mol. The monoisotopic (exact) mass is 332 g/mol. The molecule has 1 aliphatic rings. The van der Waals surface area contributed by atoms with Gasteiger partial charge in [0.1, 0.15) is 17.2 Å². The van der Waals surface area contributed by atoms with E-state index in [4.69, 9.17) is 21.1 Å². The molecular formula is C15H9ClN2O5. The lowest BCUT2D eigenvalue weighted by Gasteiger charge is -2.01. The zero-order valence-corrected chi connectivity index (χ0v) is 12.2. The minimum Gasteiger partial charge on any atom is -0.478 e. The Kier molecular flexibility index (Phi) is 3.63. The van der Waals surface area contributed by atoms with Crippen molar-refractivity contribution in [3.8, 4) is 11.3 Å². The van der Waals surface area contributed by atoms with Gasteiger partial charge in [-0.05, 0) is 24.3 Å². The molecule has 3 amide bonds. The lowest BCUT2D eigenvalue weighted by Crippen LogP contribution is -2.22. The standard InChI is InChI=1S/C15H9ClN2O5/c16-10-5-7(1-3-9(10)14(20)21)12-4-2-8(23-12)6-11-13(19)18-15(22)17-11/h1-6H,(H,20,21)(H2,17,18,19,22)/b11-6+. The van der Waals surface area contributed by atoms with Crippen LogP contribution in [0.1, 0.15) is 16.1 Å². The van der Waals surface area contributed by atoms with Gasteiger partial charge in [-0.15, -0.1) is 0 Å². The lowest BCUT2D eigenvalue weighted by molar-refractivity contribution is -0.115. The van der Waals surface area contributed by atoms with Gasteiger partial charge in [0.25, 0.3) is 5.91 Å². The summed E-state index contributed by atoms with van der Waals surface area (Å²) < 4.78 is 5.56. The number of aromatic carboxylic acids is 1. The summed E-state index contributed by atoms with van der Waals surface area (Å²) in [6, 6.07) is 7.08. The van der Waals surface area contributed by atoms with Crippen LogP contribution >= 0.6 is 11.6 Å². The fourth-order valence-electron chi connectivity index (χ4n) is 2.05. The summed E-state index contributed by atoms with van der Waals surface area (Å²) >= 11 is 5.92. The molecule has 1 saturated heterocycles. The summed E-state index contributed by atoms with van der Waals surface area (Å²) in [7, 11) is 0. The minimum absolute atomic E-state index is 0.00495. The van der Waals surface area contributed by atoms with Gasteiger partial charge in [0.05, 0.1) is 10.6 Å². The van der Waals surface area contributed by atoms with Crippen molar-refractivity contribution in [3.63, 3.8) is 0 Å². The molecule has 0 atom stereocenters. The number of carbonyl (C=O) groups excluding carboxylic acids is 2. The first-order valence-corrected chi connectivity index (χ1v) is 6.79. The second-order valence-corrected chi connectivity index (χ2v) is 5.08. The van der Waals surface area contributed by atoms with Gasteiger partial charge in [0.15, 0.2) is 0 Å². The zero-order valence-electron chi connectivity index (χ0n) is 11.4. The third-order valence-corrected chi connectivity index (χ3v) is 3.43. The molecule has 0 unspecified atom stereocenters. The number of carbonyl (C=O) groups is 3. The SMILES string of the molecule is O=C1NC(=O)/C(=C\c2ccc(-c3ccc(C(=O)O)c(Cl)c3)o2)N1. The normalized spacial score (nSPS) is 15.6. The maximum absolute atomic E-state index is 11.4. The molecule has 1 aromatic carbocycles. The van der Waals surface area contributed by atoms with Crippen molar-refractivity contribution in [2.75, 3.05) is 0 Å². The summed E-state index contributed by atoms with van der Waals surface area (Å²) in [5.74, 6) is -0.859. The summed E-state index contributed by atoms with van der Waals surface area (Å²) in [4.78, 5) is 33.4. The van der Waals surface area contributed by atoms with E-state index >= 15 is 0 Å². The highest BCUT2D eigenvalue weighted by Gasteiger charge is 2.23. The van der Waals surface area contributed by atoms with Crippen LogP contribution in [-0.2, 0) is 4.79 Å². The zero-order chi connectivity index (χ0) is 16.6. The molecule has 3 N–H and O–H groups in total. The number of benzene rings is 1. The molecule has 1 fully saturated rings. The second kappa shape index (κ2) is 5.62. The van der Waals surface area contributed by atoms with Crippen molar-refractivity contribution in [3.05, 3.63) is 52.4 Å². The van der Waals surface area contributed by atoms with E-state index in [0.717, 1.165) is 0 Å². The first-order chi connectivity index (χ1) is 10.9. The Balaban J connectivity index is 1.89. The van der Waals surface area contributed by atoms with Crippen molar-refractivity contribution < 1.29 is 23.9 Å². The molecule has 8 heteroatoms. The summed E-state index contributed by atoms with van der Waals surface area (Å²) in [5, 5.41) is 13.5. The molecule has 0 saturated carbocycles. The largest absolute Gasteiger partial charge is 0.478 e. The van der Waals surface area contributed by atoms with Gasteiger partial charge < -0.3 is 14.8 Å². The number of nitrogens with one attached hydrogen (secondary N) is 2. The van der Waals surface area contributed by atoms with Crippen molar-refractivity contribution in [2.24, 2.45) is 0 Å². The van der Waals surface area contributed by atoms with Crippen LogP contribution < -0.4 is 10.6 Å². The second-order valence-electron chi connectivity index (χ2n) is 4.67. The van der Waals surface area contributed by atoms with Crippen molar-refractivity contribution in [2.45, 2.75) is 0 Å². The van der Waals surface area contributed by atoms with Crippen molar-refractivity contribution >= 4 is 35.6 Å². The Morgan fingerprint density at radius 1 is 1.17 bits per heavy atom. The molecule has 0 aliphatic carbocycles. The summed E-state index contributed by atoms with van der Waals surface area (Å²) in [6.07, 6.45) is 1.39. The maximum Gasteiger partial charge on any atom is 0.337 e. The Morgan fingerprint density at radius 2 is 1.96 bits per heavy atom. The molecule has 1 aliphatic heterocycles. The van der Waals surface area contributed by atoms with E-state index < -0.39 is 17.9 Å². The predicted molar refractivity (Wildman–Crippen MR) is 80.8 cm³/mol. The molecule has 2 heterocycles. The number of furan rings is 1. The van der Waals surface area contributed by atoms with Gasteiger partial charge >= 0.3 is 12.0 Å². The van der Waals surface area contributed by atoms with Gasteiger partial charge in [0.2, 0.25) is 0 Å². The summed E-state index contributed by atoms with van der Waals surface area (Å²) in [5.41, 5.74) is 0.661. The van der Waals surface area contributed by atoms with E-state index in [1.807, 2.05) is 0 Å². The number of halogens is 1. The van der Waals surface area contributed by atoms with Crippen LogP contribution in [0.25, 0.3) is 17.4 Å². The van der Waals surface area contributed by atoms with Crippen LogP contribution in [0.4, 0.5) is 4.79 Å². The number of amides is 3. The van der Waals surface area contributed by atoms with Crippen molar-refractivity contribution in [1.29, 1.82) is 0 Å². The number of hydrogen-bond acceptors (Lipinski definition) is 4. The van der Waals surface area contributed by atoms with Crippen LogP contribution in [-0.4, -0.2) is 23.0 Å². The van der Waals surface area contributed by atoms with E-state index in [1.165, 1.54) is 18.2 Å². The van der Waals surface area contributed by atoms with Crippen LogP contribution in [0.15, 0.2) is 40.4 Å². The molecule has 7 nitrogen and oxygen atoms in total. The number of carboxylic acid groups (broad SMARTS) is 1. The maximum atomic E-state index is 11.4. The summed E-state index contributed by atoms with van der Waals surface area (Å²) in [6.45, 7) is 0. The molecule has 0 bridgehead atoms. The molecule has 2 aromatic rings. The Labute approximate surface area is 134 Å². The molecule has 116 valence electrons. The first kappa shape index (κ1) is 14.9. The van der Waals surface area contributed by atoms with Gasteiger partial charge in [-0.3, -0.25) is 10.1 Å².